The van der Waals surface area contributed by atoms with Gasteiger partial charge in [-0.3, -0.25) is 4.79 Å². The number of carbonyl (C=O) groups excluding carboxylic acids is 1. The lowest BCUT2D eigenvalue weighted by Gasteiger charge is -2.08. The van der Waals surface area contributed by atoms with Gasteiger partial charge in [-0.2, -0.15) is 0 Å². The van der Waals surface area contributed by atoms with Crippen LogP contribution in [0.5, 0.6) is 0 Å². The van der Waals surface area contributed by atoms with Crippen LogP contribution in [-0.2, 0) is 6.54 Å². The van der Waals surface area contributed by atoms with E-state index in [9.17, 15) is 4.79 Å². The molecule has 5 heteroatoms. The summed E-state index contributed by atoms with van der Waals surface area (Å²) in [5.41, 5.74) is 9.33. The summed E-state index contributed by atoms with van der Waals surface area (Å²) in [5, 5.41) is 6.00. The number of nitrogens with two attached hydrogens (primary N) is 1. The SMILES string of the molecule is Nc1scc(-c2ccc(Cl)cc2)c1C(=O)NCc1ccccc1. The lowest BCUT2D eigenvalue weighted by molar-refractivity contribution is 0.0953. The first-order valence-electron chi connectivity index (χ1n) is 7.10. The molecule has 3 rings (SSSR count). The van der Waals surface area contributed by atoms with Crippen LogP contribution >= 0.6 is 22.9 Å². The number of hydrogen-bond donors (Lipinski definition) is 2. The molecule has 0 fully saturated rings. The minimum Gasteiger partial charge on any atom is -0.390 e. The molecule has 0 radical (unpaired) electrons. The molecule has 0 spiro atoms. The Kier molecular flexibility index (Phi) is 4.65. The fraction of sp³-hybridized carbons (Fsp3) is 0.0556. The molecule has 2 aromatic carbocycles. The molecule has 3 N–H and O–H groups in total. The van der Waals surface area contributed by atoms with E-state index < -0.39 is 0 Å². The summed E-state index contributed by atoms with van der Waals surface area (Å²) in [6, 6.07) is 17.1. The fourth-order valence-corrected chi connectivity index (χ4v) is 3.26. The minimum absolute atomic E-state index is 0.169. The Labute approximate surface area is 143 Å². The number of carbonyl (C=O) groups is 1. The normalized spacial score (nSPS) is 10.5. The largest absolute Gasteiger partial charge is 0.390 e. The molecule has 0 aliphatic rings. The van der Waals surface area contributed by atoms with Gasteiger partial charge in [0.15, 0.2) is 0 Å². The number of benzene rings is 2. The zero-order valence-corrected chi connectivity index (χ0v) is 13.8. The molecule has 3 nitrogen and oxygen atoms in total. The van der Waals surface area contributed by atoms with Crippen LogP contribution in [0.25, 0.3) is 11.1 Å². The van der Waals surface area contributed by atoms with Gasteiger partial charge in [-0.25, -0.2) is 0 Å². The van der Waals surface area contributed by atoms with Crippen molar-refractivity contribution in [2.45, 2.75) is 6.54 Å². The number of thiophene rings is 1. The highest BCUT2D eigenvalue weighted by molar-refractivity contribution is 7.15. The second-order valence-corrected chi connectivity index (χ2v) is 6.41. The van der Waals surface area contributed by atoms with Crippen molar-refractivity contribution in [2.24, 2.45) is 0 Å². The molecule has 1 amide bonds. The van der Waals surface area contributed by atoms with Gasteiger partial charge >= 0.3 is 0 Å². The predicted molar refractivity (Wildman–Crippen MR) is 96.8 cm³/mol. The number of nitrogen functional groups attached to an aromatic ring is 1. The van der Waals surface area contributed by atoms with E-state index >= 15 is 0 Å². The van der Waals surface area contributed by atoms with Gasteiger partial charge in [0.05, 0.1) is 10.6 Å². The summed E-state index contributed by atoms with van der Waals surface area (Å²) in [7, 11) is 0. The molecule has 0 saturated carbocycles. The second kappa shape index (κ2) is 6.86. The van der Waals surface area contributed by atoms with E-state index in [-0.39, 0.29) is 5.91 Å². The summed E-state index contributed by atoms with van der Waals surface area (Å²) in [6.45, 7) is 0.467. The molecule has 0 aliphatic heterocycles. The van der Waals surface area contributed by atoms with Crippen molar-refractivity contribution >= 4 is 33.8 Å². The van der Waals surface area contributed by atoms with E-state index in [1.54, 1.807) is 12.1 Å². The van der Waals surface area contributed by atoms with Crippen molar-refractivity contribution in [3.8, 4) is 11.1 Å². The molecule has 0 saturated heterocycles. The maximum absolute atomic E-state index is 12.6. The highest BCUT2D eigenvalue weighted by atomic mass is 35.5. The highest BCUT2D eigenvalue weighted by Gasteiger charge is 2.18. The van der Waals surface area contributed by atoms with Gasteiger partial charge in [0.1, 0.15) is 0 Å². The predicted octanol–water partition coefficient (Wildman–Crippen LogP) is 4.58. The summed E-state index contributed by atoms with van der Waals surface area (Å²) in [6.07, 6.45) is 0. The van der Waals surface area contributed by atoms with Gasteiger partial charge in [-0.1, -0.05) is 54.1 Å². The zero-order valence-electron chi connectivity index (χ0n) is 12.3. The molecule has 0 unspecified atom stereocenters. The van der Waals surface area contributed by atoms with Crippen LogP contribution in [0.3, 0.4) is 0 Å². The molecule has 116 valence electrons. The molecule has 0 atom stereocenters. The molecule has 0 bridgehead atoms. The van der Waals surface area contributed by atoms with Crippen LogP contribution < -0.4 is 11.1 Å². The Balaban J connectivity index is 1.83. The third-order valence-corrected chi connectivity index (χ3v) is 4.56. The first-order valence-corrected chi connectivity index (χ1v) is 8.36. The maximum Gasteiger partial charge on any atom is 0.255 e. The van der Waals surface area contributed by atoms with Gasteiger partial charge in [0.2, 0.25) is 0 Å². The summed E-state index contributed by atoms with van der Waals surface area (Å²) in [4.78, 5) is 12.6. The van der Waals surface area contributed by atoms with E-state index in [1.165, 1.54) is 11.3 Å². The number of amides is 1. The highest BCUT2D eigenvalue weighted by Crippen LogP contribution is 2.34. The molecular formula is C18H15ClN2OS. The Bertz CT molecular complexity index is 813. The van der Waals surface area contributed by atoms with Gasteiger partial charge < -0.3 is 11.1 Å². The van der Waals surface area contributed by atoms with Crippen molar-refractivity contribution in [1.82, 2.24) is 5.32 Å². The summed E-state index contributed by atoms with van der Waals surface area (Å²) >= 11 is 7.29. The van der Waals surface area contributed by atoms with Crippen molar-refractivity contribution in [3.63, 3.8) is 0 Å². The zero-order chi connectivity index (χ0) is 16.2. The average Bonchev–Trinajstić information content (AvgIpc) is 2.96. The number of nitrogens with one attached hydrogen (secondary N) is 1. The second-order valence-electron chi connectivity index (χ2n) is 5.06. The smallest absolute Gasteiger partial charge is 0.255 e. The van der Waals surface area contributed by atoms with Crippen LogP contribution in [0.2, 0.25) is 5.02 Å². The first-order chi connectivity index (χ1) is 11.1. The van der Waals surface area contributed by atoms with Crippen molar-refractivity contribution in [3.05, 3.63) is 76.1 Å². The van der Waals surface area contributed by atoms with Crippen molar-refractivity contribution < 1.29 is 4.79 Å². The van der Waals surface area contributed by atoms with Crippen molar-refractivity contribution in [1.29, 1.82) is 0 Å². The Morgan fingerprint density at radius 3 is 2.48 bits per heavy atom. The first kappa shape index (κ1) is 15.6. The van der Waals surface area contributed by atoms with E-state index in [4.69, 9.17) is 17.3 Å². The van der Waals surface area contributed by atoms with Crippen LogP contribution in [-0.4, -0.2) is 5.91 Å². The average molecular weight is 343 g/mol. The summed E-state index contributed by atoms with van der Waals surface area (Å²) < 4.78 is 0. The number of anilines is 1. The van der Waals surface area contributed by atoms with Gasteiger partial charge in [-0.15, -0.1) is 11.3 Å². The van der Waals surface area contributed by atoms with E-state index in [2.05, 4.69) is 5.32 Å². The van der Waals surface area contributed by atoms with E-state index in [1.807, 2.05) is 47.8 Å². The standard InChI is InChI=1S/C18H15ClN2OS/c19-14-8-6-13(7-9-14)15-11-23-17(20)16(15)18(22)21-10-12-4-2-1-3-5-12/h1-9,11H,10,20H2,(H,21,22). The third kappa shape index (κ3) is 3.55. The van der Waals surface area contributed by atoms with Gasteiger partial charge in [-0.05, 0) is 23.3 Å². The Morgan fingerprint density at radius 1 is 1.09 bits per heavy atom. The van der Waals surface area contributed by atoms with Gasteiger partial charge in [0, 0.05) is 22.5 Å². The third-order valence-electron chi connectivity index (χ3n) is 3.50. The Morgan fingerprint density at radius 2 is 1.78 bits per heavy atom. The Hall–Kier alpha value is -2.30. The lowest BCUT2D eigenvalue weighted by atomic mass is 10.0. The minimum atomic E-state index is -0.169. The van der Waals surface area contributed by atoms with Crippen molar-refractivity contribution in [2.75, 3.05) is 5.73 Å². The molecule has 0 aliphatic carbocycles. The number of halogens is 1. The van der Waals surface area contributed by atoms with E-state index in [0.717, 1.165) is 16.7 Å². The maximum atomic E-state index is 12.6. The quantitative estimate of drug-likeness (QED) is 0.729. The molecule has 1 aromatic heterocycles. The molecule has 3 aromatic rings. The van der Waals surface area contributed by atoms with E-state index in [0.29, 0.717) is 22.1 Å². The fourth-order valence-electron chi connectivity index (χ4n) is 2.32. The van der Waals surface area contributed by atoms with Crippen LogP contribution in [0.15, 0.2) is 60.0 Å². The lowest BCUT2D eigenvalue weighted by Crippen LogP contribution is -2.23. The van der Waals surface area contributed by atoms with Crippen LogP contribution in [0, 0.1) is 0 Å². The number of rotatable bonds is 4. The van der Waals surface area contributed by atoms with Crippen LogP contribution in [0.1, 0.15) is 15.9 Å². The number of hydrogen-bond acceptors (Lipinski definition) is 3. The van der Waals surface area contributed by atoms with Gasteiger partial charge in [0.25, 0.3) is 5.91 Å². The topological polar surface area (TPSA) is 55.1 Å². The molecular weight excluding hydrogens is 328 g/mol. The van der Waals surface area contributed by atoms with Crippen LogP contribution in [0.4, 0.5) is 5.00 Å². The molecule has 1 heterocycles. The summed E-state index contributed by atoms with van der Waals surface area (Å²) in [5.74, 6) is -0.169. The molecule has 23 heavy (non-hydrogen) atoms. The monoisotopic (exact) mass is 342 g/mol.